The van der Waals surface area contributed by atoms with Crippen molar-refractivity contribution in [3.63, 3.8) is 0 Å². The fraction of sp³-hybridized carbons (Fsp3) is 0.474. The molecule has 1 aliphatic carbocycles. The van der Waals surface area contributed by atoms with Crippen LogP contribution in [0.15, 0.2) is 41.0 Å². The molecule has 1 unspecified atom stereocenters. The van der Waals surface area contributed by atoms with Gasteiger partial charge in [-0.2, -0.15) is 0 Å². The summed E-state index contributed by atoms with van der Waals surface area (Å²) in [4.78, 5) is 0.228. The maximum absolute atomic E-state index is 5.55. The van der Waals surface area contributed by atoms with Crippen LogP contribution < -0.4 is 0 Å². The van der Waals surface area contributed by atoms with Crippen LogP contribution in [0.3, 0.4) is 0 Å². The average Bonchev–Trinajstić information content (AvgIpc) is 3.04. The van der Waals surface area contributed by atoms with E-state index in [1.54, 1.807) is 6.26 Å². The van der Waals surface area contributed by atoms with Gasteiger partial charge in [-0.25, -0.2) is 0 Å². The van der Waals surface area contributed by atoms with Crippen molar-refractivity contribution in [1.82, 2.24) is 0 Å². The van der Waals surface area contributed by atoms with Gasteiger partial charge in [-0.05, 0) is 36.0 Å². The van der Waals surface area contributed by atoms with Crippen LogP contribution in [0.25, 0.3) is 0 Å². The molecule has 0 bridgehead atoms. The van der Waals surface area contributed by atoms with Crippen molar-refractivity contribution in [3.8, 4) is 0 Å². The maximum atomic E-state index is 5.55. The van der Waals surface area contributed by atoms with Crippen LogP contribution in [-0.4, -0.2) is 0 Å². The molecule has 1 saturated carbocycles. The van der Waals surface area contributed by atoms with E-state index in [2.05, 4.69) is 53.2 Å². The SMILES string of the molecule is CCc1occc1C(Br)c1ccc(C2CCCCC2)cc1. The molecule has 2 heteroatoms. The molecule has 1 aromatic heterocycles. The fourth-order valence-corrected chi connectivity index (χ4v) is 4.13. The first-order valence-electron chi connectivity index (χ1n) is 8.09. The van der Waals surface area contributed by atoms with Crippen molar-refractivity contribution >= 4 is 15.9 Å². The van der Waals surface area contributed by atoms with Gasteiger partial charge in [-0.3, -0.25) is 0 Å². The van der Waals surface area contributed by atoms with Gasteiger partial charge in [0.15, 0.2) is 0 Å². The van der Waals surface area contributed by atoms with Crippen molar-refractivity contribution in [2.75, 3.05) is 0 Å². The predicted octanol–water partition coefficient (Wildman–Crippen LogP) is 6.37. The number of furan rings is 1. The lowest BCUT2D eigenvalue weighted by atomic mass is 9.84. The van der Waals surface area contributed by atoms with Crippen molar-refractivity contribution in [2.24, 2.45) is 0 Å². The minimum Gasteiger partial charge on any atom is -0.469 e. The van der Waals surface area contributed by atoms with Crippen LogP contribution >= 0.6 is 15.9 Å². The number of halogens is 1. The predicted molar refractivity (Wildman–Crippen MR) is 91.1 cm³/mol. The van der Waals surface area contributed by atoms with E-state index in [9.17, 15) is 0 Å². The summed E-state index contributed by atoms with van der Waals surface area (Å²) in [5.74, 6) is 1.86. The zero-order valence-electron chi connectivity index (χ0n) is 12.6. The van der Waals surface area contributed by atoms with Crippen molar-refractivity contribution in [2.45, 2.75) is 56.2 Å². The van der Waals surface area contributed by atoms with Crippen LogP contribution in [0.1, 0.15) is 72.2 Å². The maximum Gasteiger partial charge on any atom is 0.108 e. The Hall–Kier alpha value is -1.02. The third-order valence-electron chi connectivity index (χ3n) is 4.68. The fourth-order valence-electron chi connectivity index (χ4n) is 3.42. The van der Waals surface area contributed by atoms with Gasteiger partial charge < -0.3 is 4.42 Å². The summed E-state index contributed by atoms with van der Waals surface area (Å²) in [6.45, 7) is 2.13. The largest absolute Gasteiger partial charge is 0.469 e. The third-order valence-corrected chi connectivity index (χ3v) is 5.70. The summed E-state index contributed by atoms with van der Waals surface area (Å²) < 4.78 is 5.55. The van der Waals surface area contributed by atoms with Gasteiger partial charge in [0, 0.05) is 12.0 Å². The smallest absolute Gasteiger partial charge is 0.108 e. The Labute approximate surface area is 135 Å². The molecule has 1 aromatic carbocycles. The highest BCUT2D eigenvalue weighted by Crippen LogP contribution is 2.36. The summed E-state index contributed by atoms with van der Waals surface area (Å²) in [6.07, 6.45) is 9.64. The van der Waals surface area contributed by atoms with E-state index in [4.69, 9.17) is 4.42 Å². The van der Waals surface area contributed by atoms with E-state index in [1.165, 1.54) is 48.8 Å². The second-order valence-corrected chi connectivity index (χ2v) is 6.93. The first-order chi connectivity index (χ1) is 10.3. The number of aryl methyl sites for hydroxylation is 1. The van der Waals surface area contributed by atoms with Crippen molar-refractivity contribution in [3.05, 3.63) is 59.0 Å². The van der Waals surface area contributed by atoms with E-state index < -0.39 is 0 Å². The molecule has 0 radical (unpaired) electrons. The van der Waals surface area contributed by atoms with Crippen molar-refractivity contribution < 1.29 is 4.42 Å². The second-order valence-electron chi connectivity index (χ2n) is 6.02. The van der Waals surface area contributed by atoms with E-state index in [1.807, 2.05) is 0 Å². The molecule has 112 valence electrons. The Balaban J connectivity index is 1.77. The van der Waals surface area contributed by atoms with Gasteiger partial charge in [0.05, 0.1) is 11.1 Å². The normalized spacial score (nSPS) is 17.8. The Morgan fingerprint density at radius 2 is 1.81 bits per heavy atom. The van der Waals surface area contributed by atoms with E-state index in [-0.39, 0.29) is 4.83 Å². The quantitative estimate of drug-likeness (QED) is 0.585. The highest BCUT2D eigenvalue weighted by Gasteiger charge is 2.18. The van der Waals surface area contributed by atoms with Gasteiger partial charge >= 0.3 is 0 Å². The molecule has 0 saturated heterocycles. The van der Waals surface area contributed by atoms with E-state index >= 15 is 0 Å². The molecule has 1 heterocycles. The molecule has 1 atom stereocenters. The molecule has 1 aliphatic rings. The lowest BCUT2D eigenvalue weighted by Crippen LogP contribution is -2.04. The highest BCUT2D eigenvalue weighted by atomic mass is 79.9. The highest BCUT2D eigenvalue weighted by molar-refractivity contribution is 9.09. The van der Waals surface area contributed by atoms with E-state index in [0.29, 0.717) is 0 Å². The van der Waals surface area contributed by atoms with Gasteiger partial charge in [0.1, 0.15) is 5.76 Å². The monoisotopic (exact) mass is 346 g/mol. The zero-order valence-corrected chi connectivity index (χ0v) is 14.2. The number of rotatable bonds is 4. The van der Waals surface area contributed by atoms with Crippen LogP contribution in [0.5, 0.6) is 0 Å². The molecule has 0 spiro atoms. The minimum atomic E-state index is 0.228. The molecular weight excluding hydrogens is 324 g/mol. The Bertz CT molecular complexity index is 564. The topological polar surface area (TPSA) is 13.1 Å². The number of hydrogen-bond acceptors (Lipinski definition) is 1. The molecule has 0 N–H and O–H groups in total. The average molecular weight is 347 g/mol. The van der Waals surface area contributed by atoms with Gasteiger partial charge in [0.25, 0.3) is 0 Å². The Kier molecular flexibility index (Phi) is 4.84. The molecule has 0 amide bonds. The summed E-state index contributed by atoms with van der Waals surface area (Å²) in [7, 11) is 0. The van der Waals surface area contributed by atoms with Crippen LogP contribution in [0.2, 0.25) is 0 Å². The number of benzene rings is 1. The third kappa shape index (κ3) is 3.26. The second kappa shape index (κ2) is 6.83. The van der Waals surface area contributed by atoms with Crippen LogP contribution in [-0.2, 0) is 6.42 Å². The Morgan fingerprint density at radius 3 is 2.48 bits per heavy atom. The standard InChI is InChI=1S/C19H23BrO/c1-2-18-17(12-13-21-18)19(20)16-10-8-15(9-11-16)14-6-4-3-5-7-14/h8-14,19H,2-7H2,1H3. The molecule has 1 nitrogen and oxygen atoms in total. The number of hydrogen-bond donors (Lipinski definition) is 0. The molecule has 1 fully saturated rings. The zero-order chi connectivity index (χ0) is 14.7. The minimum absolute atomic E-state index is 0.228. The lowest BCUT2D eigenvalue weighted by molar-refractivity contribution is 0.443. The first-order valence-corrected chi connectivity index (χ1v) is 9.01. The van der Waals surface area contributed by atoms with Gasteiger partial charge in [0.2, 0.25) is 0 Å². The Morgan fingerprint density at radius 1 is 1.10 bits per heavy atom. The lowest BCUT2D eigenvalue weighted by Gasteiger charge is -2.22. The summed E-state index contributed by atoms with van der Waals surface area (Å²) in [6, 6.07) is 11.3. The molecular formula is C19H23BrO. The molecule has 21 heavy (non-hydrogen) atoms. The van der Waals surface area contributed by atoms with E-state index in [0.717, 1.165) is 18.1 Å². The summed E-state index contributed by atoms with van der Waals surface area (Å²) >= 11 is 3.83. The molecule has 2 aromatic rings. The van der Waals surface area contributed by atoms with Crippen LogP contribution in [0.4, 0.5) is 0 Å². The number of alkyl halides is 1. The molecule has 0 aliphatic heterocycles. The molecule has 3 rings (SSSR count). The van der Waals surface area contributed by atoms with Gasteiger partial charge in [-0.15, -0.1) is 0 Å². The van der Waals surface area contributed by atoms with Gasteiger partial charge in [-0.1, -0.05) is 66.4 Å². The van der Waals surface area contributed by atoms with Crippen LogP contribution in [0, 0.1) is 0 Å². The first kappa shape index (κ1) is 14.9. The summed E-state index contributed by atoms with van der Waals surface area (Å²) in [5.41, 5.74) is 4.08. The summed E-state index contributed by atoms with van der Waals surface area (Å²) in [5, 5.41) is 0. The van der Waals surface area contributed by atoms with Crippen molar-refractivity contribution in [1.29, 1.82) is 0 Å².